The molecule has 0 radical (unpaired) electrons. The second-order valence-corrected chi connectivity index (χ2v) is 3.40. The van der Waals surface area contributed by atoms with Crippen molar-refractivity contribution in [1.82, 2.24) is 0 Å². The molecule has 3 nitrogen and oxygen atoms in total. The Labute approximate surface area is 95.5 Å². The highest BCUT2D eigenvalue weighted by molar-refractivity contribution is 9.10. The molecule has 1 aromatic carbocycles. The van der Waals surface area contributed by atoms with Gasteiger partial charge in [-0.15, -0.1) is 13.2 Å². The molecule has 0 unspecified atom stereocenters. The Bertz CT molecular complexity index is 408. The zero-order chi connectivity index (χ0) is 12.3. The van der Waals surface area contributed by atoms with Crippen molar-refractivity contribution < 1.29 is 27.1 Å². The van der Waals surface area contributed by atoms with E-state index in [1.54, 1.807) is 0 Å². The molecular formula is C8H4BrF4NO2. The van der Waals surface area contributed by atoms with E-state index in [1.807, 2.05) is 5.32 Å². The van der Waals surface area contributed by atoms with Crippen molar-refractivity contribution in [2.75, 3.05) is 5.32 Å². The van der Waals surface area contributed by atoms with Gasteiger partial charge in [0.25, 0.3) is 0 Å². The average Bonchev–Trinajstić information content (AvgIpc) is 2.15. The van der Waals surface area contributed by atoms with Crippen LogP contribution < -0.4 is 10.1 Å². The number of ether oxygens (including phenoxy) is 1. The number of carbonyl (C=O) groups is 1. The summed E-state index contributed by atoms with van der Waals surface area (Å²) in [5.41, 5.74) is -0.424. The third-order valence-corrected chi connectivity index (χ3v) is 2.14. The van der Waals surface area contributed by atoms with E-state index < -0.39 is 23.6 Å². The highest BCUT2D eigenvalue weighted by Gasteiger charge is 2.34. The summed E-state index contributed by atoms with van der Waals surface area (Å²) in [5.74, 6) is -2.32. The Kier molecular flexibility index (Phi) is 3.74. The lowest BCUT2D eigenvalue weighted by Gasteiger charge is -2.14. The van der Waals surface area contributed by atoms with Crippen molar-refractivity contribution in [2.45, 2.75) is 6.36 Å². The van der Waals surface area contributed by atoms with Crippen LogP contribution in [0.15, 0.2) is 16.6 Å². The molecule has 16 heavy (non-hydrogen) atoms. The molecule has 0 aliphatic rings. The van der Waals surface area contributed by atoms with Crippen molar-refractivity contribution in [2.24, 2.45) is 0 Å². The number of benzene rings is 1. The van der Waals surface area contributed by atoms with Crippen molar-refractivity contribution in [1.29, 1.82) is 0 Å². The van der Waals surface area contributed by atoms with Gasteiger partial charge in [0.1, 0.15) is 5.69 Å². The minimum atomic E-state index is -5.04. The first-order chi connectivity index (χ1) is 7.35. The SMILES string of the molecule is O=CNc1c(Br)ccc(F)c1OC(F)(F)F. The number of anilines is 1. The minimum absolute atomic E-state index is 0.0697. The van der Waals surface area contributed by atoms with Crippen molar-refractivity contribution in [3.05, 3.63) is 22.4 Å². The largest absolute Gasteiger partial charge is 0.573 e. The Balaban J connectivity index is 3.22. The van der Waals surface area contributed by atoms with Gasteiger partial charge in [0.05, 0.1) is 0 Å². The number of nitrogens with one attached hydrogen (secondary N) is 1. The maximum atomic E-state index is 13.1. The monoisotopic (exact) mass is 301 g/mol. The molecule has 0 aromatic heterocycles. The van der Waals surface area contributed by atoms with Crippen molar-refractivity contribution in [3.63, 3.8) is 0 Å². The fraction of sp³-hybridized carbons (Fsp3) is 0.125. The summed E-state index contributed by atoms with van der Waals surface area (Å²) >= 11 is 2.85. The Morgan fingerprint density at radius 2 is 2.00 bits per heavy atom. The van der Waals surface area contributed by atoms with Gasteiger partial charge in [0.15, 0.2) is 11.6 Å². The fourth-order valence-electron chi connectivity index (χ4n) is 0.942. The van der Waals surface area contributed by atoms with Crippen LogP contribution in [0.5, 0.6) is 5.75 Å². The van der Waals surface area contributed by atoms with Crippen LogP contribution in [0.1, 0.15) is 0 Å². The van der Waals surface area contributed by atoms with Crippen LogP contribution in [0.4, 0.5) is 23.2 Å². The lowest BCUT2D eigenvalue weighted by atomic mass is 10.3. The molecule has 1 amide bonds. The molecule has 0 spiro atoms. The predicted octanol–water partition coefficient (Wildman–Crippen LogP) is 3.06. The van der Waals surface area contributed by atoms with Gasteiger partial charge >= 0.3 is 6.36 Å². The summed E-state index contributed by atoms with van der Waals surface area (Å²) in [6, 6.07) is 1.92. The standard InChI is InChI=1S/C8H4BrF4NO2/c9-4-1-2-5(10)7(6(4)14-3-15)16-8(11,12)13/h1-3H,(H,14,15). The Hall–Kier alpha value is -1.31. The quantitative estimate of drug-likeness (QED) is 0.688. The summed E-state index contributed by atoms with van der Waals surface area (Å²) in [4.78, 5) is 10.2. The van der Waals surface area contributed by atoms with Crippen molar-refractivity contribution in [3.8, 4) is 5.75 Å². The summed E-state index contributed by atoms with van der Waals surface area (Å²) in [6.07, 6.45) is -4.93. The van der Waals surface area contributed by atoms with E-state index in [2.05, 4.69) is 20.7 Å². The van der Waals surface area contributed by atoms with Gasteiger partial charge in [-0.1, -0.05) is 0 Å². The number of carbonyl (C=O) groups excluding carboxylic acids is 1. The number of hydrogen-bond donors (Lipinski definition) is 1. The predicted molar refractivity (Wildman–Crippen MR) is 50.5 cm³/mol. The summed E-state index contributed by atoms with van der Waals surface area (Å²) in [6.45, 7) is 0. The third-order valence-electron chi connectivity index (χ3n) is 1.48. The molecule has 0 atom stereocenters. The van der Waals surface area contributed by atoms with Gasteiger partial charge in [-0.3, -0.25) is 4.79 Å². The average molecular weight is 302 g/mol. The van der Waals surface area contributed by atoms with Crippen LogP contribution in [-0.4, -0.2) is 12.8 Å². The third kappa shape index (κ3) is 3.09. The van der Waals surface area contributed by atoms with Gasteiger partial charge in [-0.25, -0.2) is 4.39 Å². The molecule has 0 aliphatic heterocycles. The molecule has 0 saturated heterocycles. The topological polar surface area (TPSA) is 38.3 Å². The molecule has 1 rings (SSSR count). The van der Waals surface area contributed by atoms with Crippen LogP contribution >= 0.6 is 15.9 Å². The first-order valence-electron chi connectivity index (χ1n) is 3.79. The van der Waals surface area contributed by atoms with E-state index in [9.17, 15) is 22.4 Å². The molecule has 88 valence electrons. The maximum Gasteiger partial charge on any atom is 0.573 e. The van der Waals surface area contributed by atoms with E-state index in [1.165, 1.54) is 0 Å². The lowest BCUT2D eigenvalue weighted by Crippen LogP contribution is -2.19. The van der Waals surface area contributed by atoms with E-state index in [4.69, 9.17) is 0 Å². The van der Waals surface area contributed by atoms with E-state index >= 15 is 0 Å². The van der Waals surface area contributed by atoms with Gasteiger partial charge in [-0.2, -0.15) is 0 Å². The zero-order valence-corrected chi connectivity index (χ0v) is 9.02. The molecule has 0 bridgehead atoms. The van der Waals surface area contributed by atoms with Gasteiger partial charge in [0, 0.05) is 4.47 Å². The smallest absolute Gasteiger partial charge is 0.400 e. The highest BCUT2D eigenvalue weighted by atomic mass is 79.9. The lowest BCUT2D eigenvalue weighted by molar-refractivity contribution is -0.275. The van der Waals surface area contributed by atoms with Crippen molar-refractivity contribution >= 4 is 28.0 Å². The van der Waals surface area contributed by atoms with E-state index in [0.717, 1.165) is 12.1 Å². The molecule has 0 fully saturated rings. The van der Waals surface area contributed by atoms with Gasteiger partial charge in [-0.05, 0) is 28.1 Å². The summed E-state index contributed by atoms with van der Waals surface area (Å²) < 4.78 is 52.5. The molecule has 0 heterocycles. The number of hydrogen-bond acceptors (Lipinski definition) is 2. The first-order valence-corrected chi connectivity index (χ1v) is 4.58. The minimum Gasteiger partial charge on any atom is -0.400 e. The molecule has 1 aromatic rings. The molecular weight excluding hydrogens is 298 g/mol. The number of alkyl halides is 3. The Morgan fingerprint density at radius 1 is 1.38 bits per heavy atom. The fourth-order valence-corrected chi connectivity index (χ4v) is 1.37. The molecule has 8 heteroatoms. The summed E-state index contributed by atoms with van der Waals surface area (Å²) in [7, 11) is 0. The number of halogens is 5. The second-order valence-electron chi connectivity index (χ2n) is 2.54. The van der Waals surface area contributed by atoms with Crippen LogP contribution in [0, 0.1) is 5.82 Å². The van der Waals surface area contributed by atoms with Crippen LogP contribution in [-0.2, 0) is 4.79 Å². The Morgan fingerprint density at radius 3 is 2.50 bits per heavy atom. The van der Waals surface area contributed by atoms with E-state index in [-0.39, 0.29) is 10.9 Å². The van der Waals surface area contributed by atoms with Gasteiger partial charge < -0.3 is 10.1 Å². The number of rotatable bonds is 3. The molecule has 0 aliphatic carbocycles. The maximum absolute atomic E-state index is 13.1. The molecule has 1 N–H and O–H groups in total. The molecule has 0 saturated carbocycles. The van der Waals surface area contributed by atoms with Gasteiger partial charge in [0.2, 0.25) is 6.41 Å². The first kappa shape index (κ1) is 12.8. The normalized spacial score (nSPS) is 11.1. The second kappa shape index (κ2) is 4.69. The van der Waals surface area contributed by atoms with Crippen LogP contribution in [0.2, 0.25) is 0 Å². The highest BCUT2D eigenvalue weighted by Crippen LogP contribution is 2.37. The zero-order valence-electron chi connectivity index (χ0n) is 7.44. The van der Waals surface area contributed by atoms with Crippen LogP contribution in [0.25, 0.3) is 0 Å². The van der Waals surface area contributed by atoms with Crippen LogP contribution in [0.3, 0.4) is 0 Å². The van der Waals surface area contributed by atoms with E-state index in [0.29, 0.717) is 0 Å². The number of amides is 1. The summed E-state index contributed by atoms with van der Waals surface area (Å²) in [5, 5.41) is 1.92.